The summed E-state index contributed by atoms with van der Waals surface area (Å²) in [4.78, 5) is 20.1. The molecular formula is C92H40F20N4Zn. The van der Waals surface area contributed by atoms with Gasteiger partial charge in [0, 0.05) is 44.6 Å². The van der Waals surface area contributed by atoms with Crippen molar-refractivity contribution >= 4 is 56.0 Å². The standard InChI is InChI=1S/C92H40F20N4.Zn/c93-65-57(66(94)74(102)81(109)73(65)101)61-85-49(41-25-9-1-10-26-41)50(42-27-11-2-12-28-42)86(113-85)62(58-67(95)75(103)82(110)76(104)68(58)96)88-53(45-33-17-5-18-34-45)54(46-35-19-6-20-36-46)90(115-88)64(60-71(99)79(107)84(112)80(108)72(60)100)92-56(48-39-23-8-24-40-48)55(47-37-21-7-22-38-47)91(116-92)63(59-69(97)77(105)83(111)78(106)70(59)98)89-52(44-31-15-4-16-32-44)51(87(61)114-89)43-29-13-3-14-30-43;/h1-40H;/q-2;+2. The monoisotopic (exact) mass is 1640 g/mol. The molecule has 0 N–H and O–H groups in total. The zero-order valence-electron chi connectivity index (χ0n) is 59.1. The molecule has 8 bridgehead atoms. The number of aromatic nitrogens is 2. The Morgan fingerprint density at radius 2 is 0.342 bits per heavy atom. The van der Waals surface area contributed by atoms with Gasteiger partial charge in [-0.2, -0.15) is 0 Å². The Labute approximate surface area is 661 Å². The van der Waals surface area contributed by atoms with Crippen molar-refractivity contribution in [3.05, 3.63) is 437 Å². The SMILES string of the molecule is Fc1c(F)c(F)c(C2=C3N=C(C(c4ccccc4)=C3c3ccccc3)C(c3c(F)c(F)c(F)c(F)c3F)=c3[n-]c(c(-c4ccccc4)c3-c3ccccc3)=C(c3c(F)c(F)c(F)c(F)c3F)C3=NC(=C(c4c(F)c(F)c(F)c(F)c4F)c4[n-]c2c(-c2ccccc2)c4-c2ccccc2)C(c2ccccc2)=C3c2ccccc2)c(F)c1F.[Zn+2]. The number of benzene rings is 12. The van der Waals surface area contributed by atoms with E-state index in [1.807, 2.05) is 0 Å². The van der Waals surface area contributed by atoms with Crippen molar-refractivity contribution in [2.45, 2.75) is 0 Å². The summed E-state index contributed by atoms with van der Waals surface area (Å²) in [5, 5.41) is -2.31. The van der Waals surface area contributed by atoms with Crippen LogP contribution < -0.4 is 20.7 Å². The third-order valence-corrected chi connectivity index (χ3v) is 20.0. The van der Waals surface area contributed by atoms with Crippen LogP contribution in [0.1, 0.15) is 55.9 Å². The van der Waals surface area contributed by atoms with Crippen LogP contribution in [-0.4, -0.2) is 11.4 Å². The predicted molar refractivity (Wildman–Crippen MR) is 397 cm³/mol. The molecule has 570 valence electrons. The van der Waals surface area contributed by atoms with Gasteiger partial charge in [-0.3, -0.25) is 0 Å². The van der Waals surface area contributed by atoms with E-state index in [0.29, 0.717) is 0 Å². The minimum atomic E-state index is -2.79. The molecule has 0 spiro atoms. The number of fused-ring (bicyclic) bond motifs is 10. The Balaban J connectivity index is 0.0000102. The van der Waals surface area contributed by atoms with Crippen LogP contribution in [0.25, 0.3) is 89.1 Å². The van der Waals surface area contributed by atoms with Gasteiger partial charge in [-0.25, -0.2) is 97.8 Å². The molecule has 14 aromatic rings. The Bertz CT molecular complexity index is 6340. The molecule has 117 heavy (non-hydrogen) atoms. The van der Waals surface area contributed by atoms with Gasteiger partial charge in [-0.05, 0) is 66.8 Å². The van der Waals surface area contributed by atoms with E-state index < -0.39 is 250 Å². The molecule has 4 heterocycles. The van der Waals surface area contributed by atoms with Crippen LogP contribution >= 0.6 is 0 Å². The second-order valence-electron chi connectivity index (χ2n) is 26.4. The number of hydrogen-bond donors (Lipinski definition) is 0. The molecule has 2 aliphatic heterocycles. The van der Waals surface area contributed by atoms with Crippen molar-refractivity contribution < 1.29 is 107 Å². The van der Waals surface area contributed by atoms with Crippen molar-refractivity contribution in [1.82, 2.24) is 9.97 Å². The first-order chi connectivity index (χ1) is 56.0. The molecule has 0 saturated heterocycles. The Morgan fingerprint density at radius 3 is 0.564 bits per heavy atom. The van der Waals surface area contributed by atoms with Gasteiger partial charge in [0.15, 0.2) is 93.1 Å². The van der Waals surface area contributed by atoms with E-state index in [2.05, 4.69) is 0 Å². The summed E-state index contributed by atoms with van der Waals surface area (Å²) in [5.74, 6) is -54.6. The largest absolute Gasteiger partial charge is 2.00 e. The van der Waals surface area contributed by atoms with E-state index in [1.165, 1.54) is 243 Å². The van der Waals surface area contributed by atoms with Crippen LogP contribution in [0.3, 0.4) is 0 Å². The molecule has 12 aromatic carbocycles. The van der Waals surface area contributed by atoms with E-state index in [-0.39, 0.29) is 64.0 Å². The molecule has 0 amide bonds. The van der Waals surface area contributed by atoms with E-state index in [1.54, 1.807) is 0 Å². The van der Waals surface area contributed by atoms with E-state index >= 15 is 87.8 Å². The summed E-state index contributed by atoms with van der Waals surface area (Å²) < 4.78 is 351. The molecule has 3 aliphatic rings. The van der Waals surface area contributed by atoms with Gasteiger partial charge in [0.05, 0.1) is 45.1 Å². The number of rotatable bonds is 12. The smallest absolute Gasteiger partial charge is 0.656 e. The average molecular weight is 1650 g/mol. The van der Waals surface area contributed by atoms with Crippen LogP contribution in [-0.2, 0) is 19.5 Å². The molecule has 25 heteroatoms. The van der Waals surface area contributed by atoms with Gasteiger partial charge >= 0.3 is 19.5 Å². The van der Waals surface area contributed by atoms with Crippen LogP contribution in [0.5, 0.6) is 0 Å². The van der Waals surface area contributed by atoms with Gasteiger partial charge in [-0.15, -0.1) is 22.1 Å². The fraction of sp³-hybridized carbons (Fsp3) is 0. The molecule has 1 aliphatic carbocycles. The van der Waals surface area contributed by atoms with Gasteiger partial charge < -0.3 is 9.97 Å². The normalized spacial score (nSPS) is 13.5. The van der Waals surface area contributed by atoms with Crippen LogP contribution in [0, 0.1) is 116 Å². The maximum absolute atomic E-state index is 18.6. The molecule has 0 radical (unpaired) electrons. The van der Waals surface area contributed by atoms with Crippen molar-refractivity contribution in [2.24, 2.45) is 9.98 Å². The Kier molecular flexibility index (Phi) is 20.1. The number of halogens is 20. The molecule has 0 unspecified atom stereocenters. The maximum atomic E-state index is 18.6. The van der Waals surface area contributed by atoms with Crippen molar-refractivity contribution in [1.29, 1.82) is 0 Å². The van der Waals surface area contributed by atoms with E-state index in [4.69, 9.17) is 20.0 Å². The third-order valence-electron chi connectivity index (χ3n) is 20.0. The van der Waals surface area contributed by atoms with E-state index in [0.717, 1.165) is 0 Å². The summed E-state index contributed by atoms with van der Waals surface area (Å²) >= 11 is 0. The van der Waals surface area contributed by atoms with Crippen LogP contribution in [0.15, 0.2) is 264 Å². The Morgan fingerprint density at radius 1 is 0.162 bits per heavy atom. The molecule has 17 rings (SSSR count). The molecule has 0 atom stereocenters. The van der Waals surface area contributed by atoms with Crippen molar-refractivity contribution in [2.75, 3.05) is 0 Å². The summed E-state index contributed by atoms with van der Waals surface area (Å²) in [7, 11) is 0. The second kappa shape index (κ2) is 30.3. The topological polar surface area (TPSA) is 52.9 Å². The summed E-state index contributed by atoms with van der Waals surface area (Å²) in [6, 6.07) is 52.5. The first-order valence-electron chi connectivity index (χ1n) is 34.9. The van der Waals surface area contributed by atoms with Crippen LogP contribution in [0.2, 0.25) is 0 Å². The molecule has 4 nitrogen and oxygen atoms in total. The fourth-order valence-corrected chi connectivity index (χ4v) is 15.1. The number of hydrogen-bond acceptors (Lipinski definition) is 2. The average Bonchev–Trinajstić information content (AvgIpc) is 1.54. The van der Waals surface area contributed by atoms with Crippen molar-refractivity contribution in [3.63, 3.8) is 0 Å². The quantitative estimate of drug-likeness (QED) is 0.0530. The minimum Gasteiger partial charge on any atom is -0.656 e. The van der Waals surface area contributed by atoms with Gasteiger partial charge in [0.1, 0.15) is 0 Å². The van der Waals surface area contributed by atoms with Gasteiger partial charge in [0.25, 0.3) is 0 Å². The number of nitrogens with zero attached hydrogens (tertiary/aromatic N) is 4. The zero-order chi connectivity index (χ0) is 81.1. The second-order valence-corrected chi connectivity index (χ2v) is 26.4. The summed E-state index contributed by atoms with van der Waals surface area (Å²) in [5.41, 5.74) is -28.2. The third kappa shape index (κ3) is 12.3. The summed E-state index contributed by atoms with van der Waals surface area (Å²) in [6.45, 7) is 0. The van der Waals surface area contributed by atoms with Gasteiger partial charge in [-0.1, -0.05) is 243 Å². The van der Waals surface area contributed by atoms with E-state index in [9.17, 15) is 0 Å². The molecule has 2 aromatic heterocycles. The first kappa shape index (κ1) is 77.4. The Hall–Kier alpha value is -13.5. The molecular weight excluding hydrogens is 1610 g/mol. The predicted octanol–water partition coefficient (Wildman–Crippen LogP) is 22.8. The molecule has 0 fully saturated rings. The van der Waals surface area contributed by atoms with Crippen LogP contribution in [0.4, 0.5) is 87.8 Å². The first-order valence-corrected chi connectivity index (χ1v) is 34.9. The van der Waals surface area contributed by atoms with Gasteiger partial charge in [0.2, 0.25) is 23.3 Å². The number of aliphatic imine (C=N–C) groups is 2. The summed E-state index contributed by atoms with van der Waals surface area (Å²) in [6.07, 6.45) is 0. The van der Waals surface area contributed by atoms with Crippen molar-refractivity contribution in [3.8, 4) is 44.5 Å². The minimum absolute atomic E-state index is 0. The number of allylic oxidation sites excluding steroid dienone is 4. The maximum Gasteiger partial charge on any atom is 2.00 e. The molecule has 0 saturated carbocycles. The zero-order valence-corrected chi connectivity index (χ0v) is 62.1. The fourth-order valence-electron chi connectivity index (χ4n) is 15.1.